The highest BCUT2D eigenvalue weighted by molar-refractivity contribution is 6.30. The number of hydrogen-bond acceptors (Lipinski definition) is 5. The Hall–Kier alpha value is -2.16. The highest BCUT2D eigenvalue weighted by atomic mass is 35.5. The molecule has 0 radical (unpaired) electrons. The van der Waals surface area contributed by atoms with E-state index in [4.69, 9.17) is 21.6 Å². The number of nitrogens with zero attached hydrogens (tertiary/aromatic N) is 4. The molecule has 0 spiro atoms. The predicted octanol–water partition coefficient (Wildman–Crippen LogP) is 2.97. The number of ether oxygens (including phenoxy) is 1. The fourth-order valence-electron chi connectivity index (χ4n) is 2.51. The van der Waals surface area contributed by atoms with E-state index in [2.05, 4.69) is 21.8 Å². The van der Waals surface area contributed by atoms with Crippen molar-refractivity contribution in [3.63, 3.8) is 0 Å². The highest BCUT2D eigenvalue weighted by Gasteiger charge is 2.28. The van der Waals surface area contributed by atoms with Gasteiger partial charge in [-0.2, -0.15) is 5.26 Å². The number of rotatable bonds is 2. The highest BCUT2D eigenvalue weighted by Crippen LogP contribution is 2.28. The zero-order chi connectivity index (χ0) is 15.5. The molecular formula is C16H15ClN4O. The standard InChI is InChI=1S/C16H15ClN4O/c1-11-10-22-15(12-3-2-4-13(17)5-12)9-21(11)16-8-19-14(6-18)7-20-16/h2-5,7-8,11,15H,9-10H2,1H3. The van der Waals surface area contributed by atoms with E-state index in [0.29, 0.717) is 23.9 Å². The third-order valence-electron chi connectivity index (χ3n) is 3.70. The second-order valence-electron chi connectivity index (χ2n) is 5.25. The van der Waals surface area contributed by atoms with Crippen LogP contribution >= 0.6 is 11.6 Å². The molecule has 1 aliphatic heterocycles. The summed E-state index contributed by atoms with van der Waals surface area (Å²) >= 11 is 6.06. The van der Waals surface area contributed by atoms with Crippen LogP contribution in [0.25, 0.3) is 0 Å². The summed E-state index contributed by atoms with van der Waals surface area (Å²) in [6, 6.07) is 9.87. The lowest BCUT2D eigenvalue weighted by Gasteiger charge is -2.38. The van der Waals surface area contributed by atoms with Gasteiger partial charge in [0.15, 0.2) is 5.69 Å². The van der Waals surface area contributed by atoms with Gasteiger partial charge in [0.2, 0.25) is 0 Å². The van der Waals surface area contributed by atoms with Crippen LogP contribution in [0.2, 0.25) is 5.02 Å². The quantitative estimate of drug-likeness (QED) is 0.852. The van der Waals surface area contributed by atoms with Crippen LogP contribution in [0.1, 0.15) is 24.3 Å². The Morgan fingerprint density at radius 2 is 2.23 bits per heavy atom. The van der Waals surface area contributed by atoms with E-state index in [1.807, 2.05) is 30.3 Å². The van der Waals surface area contributed by atoms with Gasteiger partial charge < -0.3 is 9.64 Å². The maximum absolute atomic E-state index is 8.81. The van der Waals surface area contributed by atoms with Gasteiger partial charge in [0, 0.05) is 5.02 Å². The average Bonchev–Trinajstić information content (AvgIpc) is 2.55. The number of aromatic nitrogens is 2. The molecule has 1 saturated heterocycles. The van der Waals surface area contributed by atoms with Crippen molar-refractivity contribution in [2.45, 2.75) is 19.1 Å². The predicted molar refractivity (Wildman–Crippen MR) is 83.7 cm³/mol. The minimum Gasteiger partial charge on any atom is -0.370 e. The zero-order valence-electron chi connectivity index (χ0n) is 12.1. The SMILES string of the molecule is CC1COC(c2cccc(Cl)c2)CN1c1cnc(C#N)cn1. The summed E-state index contributed by atoms with van der Waals surface area (Å²) < 4.78 is 5.93. The third-order valence-corrected chi connectivity index (χ3v) is 3.94. The van der Waals surface area contributed by atoms with E-state index in [1.165, 1.54) is 6.20 Å². The first kappa shape index (κ1) is 14.8. The summed E-state index contributed by atoms with van der Waals surface area (Å²) in [5, 5.41) is 9.51. The van der Waals surface area contributed by atoms with E-state index in [-0.39, 0.29) is 12.1 Å². The molecule has 1 aliphatic rings. The third kappa shape index (κ3) is 3.03. The van der Waals surface area contributed by atoms with Gasteiger partial charge in [-0.3, -0.25) is 0 Å². The Balaban J connectivity index is 1.83. The number of anilines is 1. The Kier molecular flexibility index (Phi) is 4.23. The van der Waals surface area contributed by atoms with Crippen LogP contribution in [0.4, 0.5) is 5.82 Å². The van der Waals surface area contributed by atoms with Gasteiger partial charge in [-0.05, 0) is 24.6 Å². The lowest BCUT2D eigenvalue weighted by molar-refractivity contribution is 0.0212. The molecule has 0 bridgehead atoms. The van der Waals surface area contributed by atoms with E-state index in [9.17, 15) is 0 Å². The molecule has 6 heteroatoms. The molecular weight excluding hydrogens is 300 g/mol. The van der Waals surface area contributed by atoms with E-state index < -0.39 is 0 Å². The summed E-state index contributed by atoms with van der Waals surface area (Å²) in [6.07, 6.45) is 3.06. The van der Waals surface area contributed by atoms with Crippen molar-refractivity contribution >= 4 is 17.4 Å². The van der Waals surface area contributed by atoms with E-state index in [1.54, 1.807) is 6.20 Å². The Labute approximate surface area is 134 Å². The molecule has 1 aromatic carbocycles. The number of hydrogen-bond donors (Lipinski definition) is 0. The van der Waals surface area contributed by atoms with Crippen molar-refractivity contribution in [3.05, 3.63) is 52.9 Å². The Morgan fingerprint density at radius 3 is 2.91 bits per heavy atom. The minimum atomic E-state index is -0.0626. The second-order valence-corrected chi connectivity index (χ2v) is 5.69. The molecule has 1 fully saturated rings. The molecule has 0 aliphatic carbocycles. The molecule has 2 atom stereocenters. The summed E-state index contributed by atoms with van der Waals surface area (Å²) in [5.74, 6) is 0.752. The molecule has 0 N–H and O–H groups in total. The largest absolute Gasteiger partial charge is 0.370 e. The van der Waals surface area contributed by atoms with Gasteiger partial charge >= 0.3 is 0 Å². The second kappa shape index (κ2) is 6.30. The smallest absolute Gasteiger partial charge is 0.158 e. The number of morpholine rings is 1. The summed E-state index contributed by atoms with van der Waals surface area (Å²) in [4.78, 5) is 10.6. The van der Waals surface area contributed by atoms with Crippen molar-refractivity contribution < 1.29 is 4.74 Å². The summed E-state index contributed by atoms with van der Waals surface area (Å²) in [5.41, 5.74) is 1.36. The lowest BCUT2D eigenvalue weighted by Crippen LogP contribution is -2.45. The molecule has 2 unspecified atom stereocenters. The minimum absolute atomic E-state index is 0.0626. The first-order chi connectivity index (χ1) is 10.7. The fourth-order valence-corrected chi connectivity index (χ4v) is 2.71. The van der Waals surface area contributed by atoms with Crippen LogP contribution in [-0.4, -0.2) is 29.2 Å². The monoisotopic (exact) mass is 314 g/mol. The molecule has 5 nitrogen and oxygen atoms in total. The first-order valence-corrected chi connectivity index (χ1v) is 7.41. The van der Waals surface area contributed by atoms with Gasteiger partial charge in [-0.15, -0.1) is 0 Å². The van der Waals surface area contributed by atoms with E-state index in [0.717, 1.165) is 11.4 Å². The normalized spacial score (nSPS) is 21.4. The zero-order valence-corrected chi connectivity index (χ0v) is 12.9. The average molecular weight is 315 g/mol. The molecule has 2 heterocycles. The van der Waals surface area contributed by atoms with Gasteiger partial charge in [0.1, 0.15) is 18.0 Å². The molecule has 0 amide bonds. The Morgan fingerprint density at radius 1 is 1.36 bits per heavy atom. The number of benzene rings is 1. The molecule has 0 saturated carbocycles. The molecule has 1 aromatic heterocycles. The van der Waals surface area contributed by atoms with Gasteiger partial charge in [0.05, 0.1) is 31.6 Å². The summed E-state index contributed by atoms with van der Waals surface area (Å²) in [6.45, 7) is 3.34. The van der Waals surface area contributed by atoms with Crippen molar-refractivity contribution in [2.75, 3.05) is 18.1 Å². The first-order valence-electron chi connectivity index (χ1n) is 7.03. The maximum Gasteiger partial charge on any atom is 0.158 e. The van der Waals surface area contributed by atoms with Gasteiger partial charge in [0.25, 0.3) is 0 Å². The van der Waals surface area contributed by atoms with Crippen LogP contribution in [0.15, 0.2) is 36.7 Å². The van der Waals surface area contributed by atoms with Gasteiger partial charge in [-0.25, -0.2) is 9.97 Å². The van der Waals surface area contributed by atoms with Gasteiger partial charge in [-0.1, -0.05) is 23.7 Å². The van der Waals surface area contributed by atoms with Crippen molar-refractivity contribution in [1.29, 1.82) is 5.26 Å². The van der Waals surface area contributed by atoms with Crippen LogP contribution < -0.4 is 4.90 Å². The van der Waals surface area contributed by atoms with Crippen LogP contribution in [0.3, 0.4) is 0 Å². The van der Waals surface area contributed by atoms with Crippen molar-refractivity contribution in [2.24, 2.45) is 0 Å². The van der Waals surface area contributed by atoms with Crippen molar-refractivity contribution in [1.82, 2.24) is 9.97 Å². The summed E-state index contributed by atoms with van der Waals surface area (Å²) in [7, 11) is 0. The molecule has 112 valence electrons. The van der Waals surface area contributed by atoms with Crippen LogP contribution in [0, 0.1) is 11.3 Å². The van der Waals surface area contributed by atoms with Crippen LogP contribution in [0.5, 0.6) is 0 Å². The molecule has 3 rings (SSSR count). The molecule has 22 heavy (non-hydrogen) atoms. The molecule has 2 aromatic rings. The maximum atomic E-state index is 8.81. The topological polar surface area (TPSA) is 62.0 Å². The number of halogens is 1. The van der Waals surface area contributed by atoms with E-state index >= 15 is 0 Å². The fraction of sp³-hybridized carbons (Fsp3) is 0.312. The number of nitriles is 1. The Bertz CT molecular complexity index is 698. The lowest BCUT2D eigenvalue weighted by atomic mass is 10.1. The van der Waals surface area contributed by atoms with Crippen molar-refractivity contribution in [3.8, 4) is 6.07 Å². The van der Waals surface area contributed by atoms with Crippen LogP contribution in [-0.2, 0) is 4.74 Å².